The third-order valence-corrected chi connectivity index (χ3v) is 6.38. The second kappa shape index (κ2) is 10.2. The largest absolute Gasteiger partial charge is 0.361 e. The predicted octanol–water partition coefficient (Wildman–Crippen LogP) is 3.90. The van der Waals surface area contributed by atoms with Crippen LogP contribution in [0.5, 0.6) is 0 Å². The summed E-state index contributed by atoms with van der Waals surface area (Å²) in [4.78, 5) is 52.4. The van der Waals surface area contributed by atoms with Crippen molar-refractivity contribution in [1.29, 1.82) is 0 Å². The van der Waals surface area contributed by atoms with Crippen LogP contribution < -0.4 is 10.6 Å². The molecule has 0 bridgehead atoms. The summed E-state index contributed by atoms with van der Waals surface area (Å²) >= 11 is 0. The van der Waals surface area contributed by atoms with Gasteiger partial charge in [-0.15, -0.1) is 0 Å². The number of Topliss-reactive ketones (excluding diaryl/α,β-unsaturated/α-hetero) is 1. The van der Waals surface area contributed by atoms with Crippen molar-refractivity contribution in [2.24, 2.45) is 0 Å². The van der Waals surface area contributed by atoms with Crippen molar-refractivity contribution in [3.05, 3.63) is 82.7 Å². The lowest BCUT2D eigenvalue weighted by Gasteiger charge is -2.26. The average Bonchev–Trinajstić information content (AvgIpc) is 3.31. The molecule has 1 fully saturated rings. The highest BCUT2D eigenvalue weighted by atomic mass is 16.5. The van der Waals surface area contributed by atoms with Crippen LogP contribution in [0.4, 0.5) is 10.5 Å². The highest BCUT2D eigenvalue weighted by molar-refractivity contribution is 6.11. The Bertz CT molecular complexity index is 1280. The number of ketones is 1. The molecule has 0 aliphatic carbocycles. The van der Waals surface area contributed by atoms with Crippen LogP contribution in [0.3, 0.4) is 0 Å². The summed E-state index contributed by atoms with van der Waals surface area (Å²) < 4.78 is 5.09. The van der Waals surface area contributed by atoms with E-state index in [1.54, 1.807) is 50.2 Å². The van der Waals surface area contributed by atoms with E-state index in [0.29, 0.717) is 41.1 Å². The summed E-state index contributed by atoms with van der Waals surface area (Å²) in [6, 6.07) is 14.8. The molecule has 2 heterocycles. The molecule has 36 heavy (non-hydrogen) atoms. The van der Waals surface area contributed by atoms with Gasteiger partial charge in [-0.25, -0.2) is 4.79 Å². The molecule has 0 saturated carbocycles. The first kappa shape index (κ1) is 24.8. The molecule has 1 aliphatic rings. The number of imide groups is 1. The molecule has 1 saturated heterocycles. The van der Waals surface area contributed by atoms with E-state index < -0.39 is 17.5 Å². The maximum Gasteiger partial charge on any atom is 0.325 e. The van der Waals surface area contributed by atoms with E-state index in [-0.39, 0.29) is 24.7 Å². The highest BCUT2D eigenvalue weighted by Gasteiger charge is 2.52. The zero-order valence-electron chi connectivity index (χ0n) is 20.5. The maximum absolute atomic E-state index is 13.4. The molecule has 1 unspecified atom stereocenters. The lowest BCUT2D eigenvalue weighted by molar-refractivity contribution is -0.131. The SMILES string of the molecule is CCCC1(c2ccccc2)NC(=O)N(CC(=O)c2ccc(NC(=O)Cc3c(C)noc3C)cc2)C1=O. The third kappa shape index (κ3) is 4.77. The van der Waals surface area contributed by atoms with Crippen LogP contribution >= 0.6 is 0 Å². The number of nitrogens with zero attached hydrogens (tertiary/aromatic N) is 2. The number of carbonyl (C=O) groups is 4. The second-order valence-electron chi connectivity index (χ2n) is 8.87. The fourth-order valence-electron chi connectivity index (χ4n) is 4.47. The van der Waals surface area contributed by atoms with E-state index in [0.717, 1.165) is 10.5 Å². The van der Waals surface area contributed by atoms with Gasteiger partial charge in [-0.2, -0.15) is 0 Å². The molecule has 4 amide bonds. The molecule has 1 atom stereocenters. The van der Waals surface area contributed by atoms with Gasteiger partial charge in [0, 0.05) is 16.8 Å². The lowest BCUT2D eigenvalue weighted by atomic mass is 9.85. The monoisotopic (exact) mass is 488 g/mol. The number of hydrogen-bond acceptors (Lipinski definition) is 6. The molecular formula is C27H28N4O5. The molecule has 0 radical (unpaired) electrons. The zero-order valence-corrected chi connectivity index (χ0v) is 20.5. The Kier molecular flexibility index (Phi) is 7.00. The first-order chi connectivity index (χ1) is 17.2. The van der Waals surface area contributed by atoms with Gasteiger partial charge in [0.2, 0.25) is 5.91 Å². The van der Waals surface area contributed by atoms with Crippen molar-refractivity contribution in [2.75, 3.05) is 11.9 Å². The van der Waals surface area contributed by atoms with Gasteiger partial charge in [0.05, 0.1) is 18.7 Å². The van der Waals surface area contributed by atoms with Crippen LogP contribution in [0.1, 0.15) is 52.7 Å². The van der Waals surface area contributed by atoms with Crippen LogP contribution in [0.15, 0.2) is 59.1 Å². The minimum atomic E-state index is -1.18. The Morgan fingerprint density at radius 2 is 1.75 bits per heavy atom. The van der Waals surface area contributed by atoms with Gasteiger partial charge in [-0.05, 0) is 50.1 Å². The van der Waals surface area contributed by atoms with Crippen molar-refractivity contribution in [3.8, 4) is 0 Å². The van der Waals surface area contributed by atoms with Crippen LogP contribution in [0, 0.1) is 13.8 Å². The number of hydrogen-bond donors (Lipinski definition) is 2. The smallest absolute Gasteiger partial charge is 0.325 e. The molecule has 9 heteroatoms. The van der Waals surface area contributed by atoms with Crippen LogP contribution in [-0.4, -0.2) is 40.2 Å². The summed E-state index contributed by atoms with van der Waals surface area (Å²) in [5.74, 6) is -0.458. The first-order valence-corrected chi connectivity index (χ1v) is 11.8. The number of rotatable bonds is 9. The molecule has 0 spiro atoms. The fraction of sp³-hybridized carbons (Fsp3) is 0.296. The first-order valence-electron chi connectivity index (χ1n) is 11.8. The van der Waals surface area contributed by atoms with Crippen molar-refractivity contribution in [3.63, 3.8) is 0 Å². The molecular weight excluding hydrogens is 460 g/mol. The topological polar surface area (TPSA) is 122 Å². The molecule has 9 nitrogen and oxygen atoms in total. The average molecular weight is 489 g/mol. The third-order valence-electron chi connectivity index (χ3n) is 6.38. The molecule has 186 valence electrons. The number of aromatic nitrogens is 1. The van der Waals surface area contributed by atoms with E-state index in [1.807, 2.05) is 25.1 Å². The van der Waals surface area contributed by atoms with E-state index in [9.17, 15) is 19.2 Å². The molecule has 2 N–H and O–H groups in total. The normalized spacial score (nSPS) is 17.2. The lowest BCUT2D eigenvalue weighted by Crippen LogP contribution is -2.44. The maximum atomic E-state index is 13.4. The molecule has 3 aromatic rings. The summed E-state index contributed by atoms with van der Waals surface area (Å²) in [5.41, 5.74) is 1.76. The van der Waals surface area contributed by atoms with E-state index in [2.05, 4.69) is 15.8 Å². The van der Waals surface area contributed by atoms with Crippen molar-refractivity contribution >= 4 is 29.3 Å². The van der Waals surface area contributed by atoms with Crippen molar-refractivity contribution in [1.82, 2.24) is 15.4 Å². The molecule has 1 aromatic heterocycles. The Hall–Kier alpha value is -4.27. The summed E-state index contributed by atoms with van der Waals surface area (Å²) in [6.45, 7) is 5.09. The van der Waals surface area contributed by atoms with Gasteiger partial charge in [0.1, 0.15) is 11.3 Å². The van der Waals surface area contributed by atoms with Crippen molar-refractivity contribution < 1.29 is 23.7 Å². The zero-order chi connectivity index (χ0) is 25.9. The number of anilines is 1. The number of carbonyl (C=O) groups excluding carboxylic acids is 4. The molecule has 2 aromatic carbocycles. The minimum absolute atomic E-state index is 0.120. The minimum Gasteiger partial charge on any atom is -0.361 e. The highest BCUT2D eigenvalue weighted by Crippen LogP contribution is 2.33. The van der Waals surface area contributed by atoms with Gasteiger partial charge < -0.3 is 15.2 Å². The van der Waals surface area contributed by atoms with Gasteiger partial charge in [-0.3, -0.25) is 19.3 Å². The summed E-state index contributed by atoms with van der Waals surface area (Å²) in [6.07, 6.45) is 1.22. The predicted molar refractivity (Wildman–Crippen MR) is 132 cm³/mol. The van der Waals surface area contributed by atoms with Crippen LogP contribution in [0.25, 0.3) is 0 Å². The van der Waals surface area contributed by atoms with Gasteiger partial charge >= 0.3 is 6.03 Å². The summed E-state index contributed by atoms with van der Waals surface area (Å²) in [7, 11) is 0. The van der Waals surface area contributed by atoms with Crippen LogP contribution in [-0.2, 0) is 21.5 Å². The van der Waals surface area contributed by atoms with Gasteiger partial charge in [-0.1, -0.05) is 48.8 Å². The number of nitrogens with one attached hydrogen (secondary N) is 2. The van der Waals surface area contributed by atoms with Crippen LogP contribution in [0.2, 0.25) is 0 Å². The van der Waals surface area contributed by atoms with E-state index in [1.165, 1.54) is 0 Å². The Balaban J connectivity index is 1.43. The number of aryl methyl sites for hydroxylation is 2. The fourth-order valence-corrected chi connectivity index (χ4v) is 4.47. The van der Waals surface area contributed by atoms with Gasteiger partial charge in [0.15, 0.2) is 5.78 Å². The van der Waals surface area contributed by atoms with E-state index in [4.69, 9.17) is 4.52 Å². The number of amides is 4. The number of benzene rings is 2. The molecule has 1 aliphatic heterocycles. The Labute approximate surface area is 208 Å². The van der Waals surface area contributed by atoms with Crippen molar-refractivity contribution in [2.45, 2.75) is 45.6 Å². The molecule has 4 rings (SSSR count). The Morgan fingerprint density at radius 3 is 2.36 bits per heavy atom. The van der Waals surface area contributed by atoms with Gasteiger partial charge in [0.25, 0.3) is 5.91 Å². The Morgan fingerprint density at radius 1 is 1.06 bits per heavy atom. The number of urea groups is 1. The second-order valence-corrected chi connectivity index (χ2v) is 8.87. The van der Waals surface area contributed by atoms with E-state index >= 15 is 0 Å². The quantitative estimate of drug-likeness (QED) is 0.348. The summed E-state index contributed by atoms with van der Waals surface area (Å²) in [5, 5.41) is 9.45. The standard InChI is InChI=1S/C27H28N4O5/c1-4-14-27(20-8-6-5-7-9-20)25(34)31(26(35)29-27)16-23(32)19-10-12-21(13-11-19)28-24(33)15-22-17(2)30-36-18(22)3/h5-13H,4,14-16H2,1-3H3,(H,28,33)(H,29,35).